The molecule has 1 atom stereocenters. The molecule has 0 bridgehead atoms. The van der Waals surface area contributed by atoms with Gasteiger partial charge in [0, 0.05) is 5.69 Å². The Morgan fingerprint density at radius 1 is 1.22 bits per heavy atom. The summed E-state index contributed by atoms with van der Waals surface area (Å²) in [7, 11) is -3.89. The maximum atomic E-state index is 12.4. The fraction of sp³-hybridized carbons (Fsp3) is 0.333. The number of nitrogens with zero attached hydrogens (tertiary/aromatic N) is 1. The lowest BCUT2D eigenvalue weighted by molar-refractivity contribution is -0.117. The van der Waals surface area contributed by atoms with Crippen molar-refractivity contribution in [3.8, 4) is 0 Å². The maximum absolute atomic E-state index is 12.4. The van der Waals surface area contributed by atoms with Crippen molar-refractivity contribution in [3.63, 3.8) is 0 Å². The van der Waals surface area contributed by atoms with E-state index in [0.717, 1.165) is 5.56 Å². The van der Waals surface area contributed by atoms with E-state index in [0.29, 0.717) is 5.69 Å². The largest absolute Gasteiger partial charge is 0.360 e. The third kappa shape index (κ3) is 3.77. The molecule has 2 rings (SSSR count). The number of hydrogen-bond acceptors (Lipinski definition) is 5. The first-order chi connectivity index (χ1) is 10.7. The van der Waals surface area contributed by atoms with Crippen LogP contribution in [0.15, 0.2) is 33.7 Å². The number of sulfonamides is 1. The van der Waals surface area contributed by atoms with Crippen LogP contribution in [0, 0.1) is 20.8 Å². The van der Waals surface area contributed by atoms with Gasteiger partial charge in [0.1, 0.15) is 10.6 Å². The number of carbonyl (C=O) groups is 1. The summed E-state index contributed by atoms with van der Waals surface area (Å²) in [6, 6.07) is 6.31. The van der Waals surface area contributed by atoms with E-state index in [1.165, 1.54) is 20.8 Å². The predicted molar refractivity (Wildman–Crippen MR) is 85.6 cm³/mol. The number of carbonyl (C=O) groups excluding carboxylic acids is 1. The molecule has 0 aliphatic heterocycles. The van der Waals surface area contributed by atoms with Gasteiger partial charge in [-0.3, -0.25) is 4.79 Å². The zero-order valence-electron chi connectivity index (χ0n) is 13.4. The Morgan fingerprint density at radius 3 is 2.43 bits per heavy atom. The summed E-state index contributed by atoms with van der Waals surface area (Å²) < 4.78 is 32.0. The van der Waals surface area contributed by atoms with Crippen molar-refractivity contribution in [2.45, 2.75) is 38.6 Å². The molecule has 7 nitrogen and oxygen atoms in total. The molecule has 8 heteroatoms. The number of benzene rings is 1. The van der Waals surface area contributed by atoms with Gasteiger partial charge < -0.3 is 9.84 Å². The molecule has 0 fully saturated rings. The first-order valence-electron chi connectivity index (χ1n) is 7.04. The predicted octanol–water partition coefficient (Wildman–Crippen LogP) is 1.91. The van der Waals surface area contributed by atoms with Crippen molar-refractivity contribution in [3.05, 3.63) is 41.3 Å². The number of nitrogens with one attached hydrogen (secondary N) is 2. The van der Waals surface area contributed by atoms with Gasteiger partial charge >= 0.3 is 0 Å². The third-order valence-electron chi connectivity index (χ3n) is 3.36. The Morgan fingerprint density at radius 2 is 1.87 bits per heavy atom. The highest BCUT2D eigenvalue weighted by molar-refractivity contribution is 7.89. The summed E-state index contributed by atoms with van der Waals surface area (Å²) in [6.07, 6.45) is 0. The van der Waals surface area contributed by atoms with Gasteiger partial charge in [0.25, 0.3) is 0 Å². The van der Waals surface area contributed by atoms with Crippen LogP contribution in [-0.4, -0.2) is 25.5 Å². The lowest BCUT2D eigenvalue weighted by atomic mass is 10.2. The Balaban J connectivity index is 2.14. The first-order valence-corrected chi connectivity index (χ1v) is 8.52. The van der Waals surface area contributed by atoms with Crippen LogP contribution in [0.2, 0.25) is 0 Å². The molecule has 1 aromatic carbocycles. The topological polar surface area (TPSA) is 101 Å². The van der Waals surface area contributed by atoms with Crippen LogP contribution < -0.4 is 10.0 Å². The molecule has 0 aliphatic rings. The number of rotatable bonds is 5. The number of aryl methyl sites for hydroxylation is 3. The number of anilines is 1. The fourth-order valence-corrected chi connectivity index (χ4v) is 3.69. The van der Waals surface area contributed by atoms with E-state index in [9.17, 15) is 13.2 Å². The van der Waals surface area contributed by atoms with Crippen molar-refractivity contribution < 1.29 is 17.7 Å². The van der Waals surface area contributed by atoms with E-state index in [1.807, 2.05) is 19.1 Å². The molecule has 124 valence electrons. The Hall–Kier alpha value is -2.19. The van der Waals surface area contributed by atoms with Gasteiger partial charge in [-0.1, -0.05) is 23.4 Å². The van der Waals surface area contributed by atoms with Gasteiger partial charge in [-0.15, -0.1) is 0 Å². The van der Waals surface area contributed by atoms with E-state index < -0.39 is 22.0 Å². The smallest absolute Gasteiger partial charge is 0.246 e. The van der Waals surface area contributed by atoms with E-state index in [4.69, 9.17) is 4.52 Å². The molecule has 0 saturated heterocycles. The lowest BCUT2D eigenvalue weighted by Crippen LogP contribution is -2.41. The van der Waals surface area contributed by atoms with Gasteiger partial charge in [0.05, 0.1) is 6.04 Å². The van der Waals surface area contributed by atoms with Crippen molar-refractivity contribution in [2.75, 3.05) is 5.32 Å². The zero-order chi connectivity index (χ0) is 17.2. The Bertz CT molecular complexity index is 807. The molecule has 0 unspecified atom stereocenters. The number of para-hydroxylation sites is 1. The molecule has 1 heterocycles. The summed E-state index contributed by atoms with van der Waals surface area (Å²) in [5.41, 5.74) is 1.78. The number of amides is 1. The second-order valence-corrected chi connectivity index (χ2v) is 6.95. The van der Waals surface area contributed by atoms with Gasteiger partial charge in [0.15, 0.2) is 5.76 Å². The molecule has 2 aromatic rings. The average molecular weight is 337 g/mol. The molecule has 23 heavy (non-hydrogen) atoms. The summed E-state index contributed by atoms with van der Waals surface area (Å²) in [6.45, 7) is 6.37. The van der Waals surface area contributed by atoms with Crippen molar-refractivity contribution in [1.29, 1.82) is 0 Å². The molecule has 1 amide bonds. The minimum atomic E-state index is -3.89. The Labute approximate surface area is 135 Å². The van der Waals surface area contributed by atoms with E-state index in [2.05, 4.69) is 15.2 Å². The summed E-state index contributed by atoms with van der Waals surface area (Å²) in [5, 5.41) is 6.32. The van der Waals surface area contributed by atoms with Gasteiger partial charge in [-0.25, -0.2) is 8.42 Å². The second-order valence-electron chi connectivity index (χ2n) is 5.30. The quantitative estimate of drug-likeness (QED) is 0.868. The summed E-state index contributed by atoms with van der Waals surface area (Å²) >= 11 is 0. The van der Waals surface area contributed by atoms with E-state index in [1.54, 1.807) is 12.1 Å². The monoisotopic (exact) mass is 337 g/mol. The molecule has 1 aromatic heterocycles. The van der Waals surface area contributed by atoms with E-state index in [-0.39, 0.29) is 16.3 Å². The van der Waals surface area contributed by atoms with Crippen LogP contribution in [-0.2, 0) is 14.8 Å². The maximum Gasteiger partial charge on any atom is 0.246 e. The lowest BCUT2D eigenvalue weighted by Gasteiger charge is -2.15. The molecular weight excluding hydrogens is 318 g/mol. The summed E-state index contributed by atoms with van der Waals surface area (Å²) in [4.78, 5) is 12.2. The highest BCUT2D eigenvalue weighted by atomic mass is 32.2. The van der Waals surface area contributed by atoms with Gasteiger partial charge in [-0.2, -0.15) is 4.72 Å². The van der Waals surface area contributed by atoms with Crippen LogP contribution >= 0.6 is 0 Å². The fourth-order valence-electron chi connectivity index (χ4n) is 2.16. The first kappa shape index (κ1) is 17.2. The molecule has 0 saturated carbocycles. The minimum Gasteiger partial charge on any atom is -0.360 e. The van der Waals surface area contributed by atoms with Crippen LogP contribution in [0.5, 0.6) is 0 Å². The normalized spacial score (nSPS) is 12.9. The van der Waals surface area contributed by atoms with Crippen molar-refractivity contribution in [1.82, 2.24) is 9.88 Å². The standard InChI is InChI=1S/C15H19N3O4S/c1-9-7-5-6-8-13(9)16-15(19)11(3)18-23(20,21)14-10(2)17-22-12(14)4/h5-8,11,18H,1-4H3,(H,16,19)/t11-/m0/s1. The van der Waals surface area contributed by atoms with E-state index >= 15 is 0 Å². The van der Waals surface area contributed by atoms with Gasteiger partial charge in [-0.05, 0) is 39.3 Å². The number of aromatic nitrogens is 1. The van der Waals surface area contributed by atoms with Crippen molar-refractivity contribution in [2.24, 2.45) is 0 Å². The van der Waals surface area contributed by atoms with Crippen LogP contribution in [0.1, 0.15) is 23.9 Å². The number of hydrogen-bond donors (Lipinski definition) is 2. The van der Waals surface area contributed by atoms with Crippen LogP contribution in [0.3, 0.4) is 0 Å². The highest BCUT2D eigenvalue weighted by Gasteiger charge is 2.28. The molecule has 0 radical (unpaired) electrons. The molecular formula is C15H19N3O4S. The zero-order valence-corrected chi connectivity index (χ0v) is 14.2. The second kappa shape index (κ2) is 6.51. The average Bonchev–Trinajstić information content (AvgIpc) is 2.80. The van der Waals surface area contributed by atoms with Crippen LogP contribution in [0.4, 0.5) is 5.69 Å². The van der Waals surface area contributed by atoms with Crippen LogP contribution in [0.25, 0.3) is 0 Å². The Kier molecular flexibility index (Phi) is 4.86. The van der Waals surface area contributed by atoms with Gasteiger partial charge in [0.2, 0.25) is 15.9 Å². The summed E-state index contributed by atoms with van der Waals surface area (Å²) in [5.74, 6) is -0.267. The highest BCUT2D eigenvalue weighted by Crippen LogP contribution is 2.19. The molecule has 2 N–H and O–H groups in total. The third-order valence-corrected chi connectivity index (χ3v) is 5.15. The van der Waals surface area contributed by atoms with Crippen molar-refractivity contribution >= 4 is 21.6 Å². The molecule has 0 aliphatic carbocycles. The SMILES string of the molecule is Cc1ccccc1NC(=O)[C@H](C)NS(=O)(=O)c1c(C)noc1C. The molecule has 0 spiro atoms. The minimum absolute atomic E-state index is 0.0342.